The zero-order chi connectivity index (χ0) is 11.3. The van der Waals surface area contributed by atoms with E-state index in [1.54, 1.807) is 0 Å². The quantitative estimate of drug-likeness (QED) is 0.543. The highest BCUT2D eigenvalue weighted by atomic mass is 16.3. The third-order valence-electron chi connectivity index (χ3n) is 2.28. The van der Waals surface area contributed by atoms with Crippen molar-refractivity contribution in [2.24, 2.45) is 0 Å². The number of hydrogen-bond acceptors (Lipinski definition) is 4. The first-order valence-corrected chi connectivity index (χ1v) is 5.04. The van der Waals surface area contributed by atoms with E-state index in [1.807, 2.05) is 4.90 Å². The van der Waals surface area contributed by atoms with Crippen molar-refractivity contribution in [1.82, 2.24) is 15.5 Å². The van der Waals surface area contributed by atoms with Crippen LogP contribution < -0.4 is 10.6 Å². The van der Waals surface area contributed by atoms with Crippen molar-refractivity contribution >= 4 is 11.9 Å². The van der Waals surface area contributed by atoms with Gasteiger partial charge in [-0.25, -0.2) is 4.79 Å². The molecule has 1 rings (SSSR count). The fraction of sp³-hybridized carbons (Fsp3) is 0.778. The van der Waals surface area contributed by atoms with Crippen LogP contribution in [-0.2, 0) is 4.79 Å². The molecule has 1 aliphatic rings. The predicted molar refractivity (Wildman–Crippen MR) is 54.3 cm³/mol. The van der Waals surface area contributed by atoms with Crippen molar-refractivity contribution < 1.29 is 14.7 Å². The number of aliphatic hydroxyl groups excluding tert-OH is 1. The molecule has 0 spiro atoms. The molecule has 0 aromatic rings. The molecule has 1 fully saturated rings. The molecule has 6 nitrogen and oxygen atoms in total. The minimum absolute atomic E-state index is 0.0315. The van der Waals surface area contributed by atoms with E-state index in [1.165, 1.54) is 7.05 Å². The minimum atomic E-state index is -0.500. The molecular weight excluding hydrogens is 198 g/mol. The van der Waals surface area contributed by atoms with Gasteiger partial charge in [0.15, 0.2) is 0 Å². The number of imide groups is 1. The number of nitrogens with one attached hydrogen (secondary N) is 2. The van der Waals surface area contributed by atoms with Gasteiger partial charge in [0.05, 0.1) is 13.2 Å². The van der Waals surface area contributed by atoms with E-state index in [2.05, 4.69) is 10.6 Å². The maximum Gasteiger partial charge on any atom is 0.321 e. The van der Waals surface area contributed by atoms with Crippen LogP contribution in [0.4, 0.5) is 4.79 Å². The van der Waals surface area contributed by atoms with Crippen LogP contribution >= 0.6 is 0 Å². The number of nitrogens with zero attached hydrogens (tertiary/aromatic N) is 1. The summed E-state index contributed by atoms with van der Waals surface area (Å²) < 4.78 is 0. The second kappa shape index (κ2) is 5.67. The average Bonchev–Trinajstić information content (AvgIpc) is 3.00. The van der Waals surface area contributed by atoms with E-state index in [9.17, 15) is 9.59 Å². The Bertz CT molecular complexity index is 241. The smallest absolute Gasteiger partial charge is 0.321 e. The van der Waals surface area contributed by atoms with Gasteiger partial charge in [0, 0.05) is 19.6 Å². The van der Waals surface area contributed by atoms with Crippen molar-refractivity contribution in [2.45, 2.75) is 18.9 Å². The Morgan fingerprint density at radius 3 is 2.60 bits per heavy atom. The summed E-state index contributed by atoms with van der Waals surface area (Å²) in [7, 11) is 1.45. The lowest BCUT2D eigenvalue weighted by Crippen LogP contribution is -2.44. The SMILES string of the molecule is CNC(=O)NC(=O)CN(CCO)C1CC1. The van der Waals surface area contributed by atoms with Gasteiger partial charge >= 0.3 is 6.03 Å². The van der Waals surface area contributed by atoms with Crippen molar-refractivity contribution in [1.29, 1.82) is 0 Å². The molecule has 0 aromatic heterocycles. The molecule has 0 unspecified atom stereocenters. The normalized spacial score (nSPS) is 15.1. The molecule has 3 amide bonds. The Hall–Kier alpha value is -1.14. The van der Waals surface area contributed by atoms with Gasteiger partial charge in [-0.3, -0.25) is 15.0 Å². The van der Waals surface area contributed by atoms with Gasteiger partial charge in [-0.15, -0.1) is 0 Å². The van der Waals surface area contributed by atoms with Crippen LogP contribution in [0.2, 0.25) is 0 Å². The molecule has 15 heavy (non-hydrogen) atoms. The molecule has 86 valence electrons. The van der Waals surface area contributed by atoms with E-state index in [4.69, 9.17) is 5.11 Å². The molecule has 3 N–H and O–H groups in total. The Balaban J connectivity index is 2.30. The molecular formula is C9H17N3O3. The fourth-order valence-corrected chi connectivity index (χ4v) is 1.37. The maximum absolute atomic E-state index is 11.3. The van der Waals surface area contributed by atoms with Crippen LogP contribution in [0.1, 0.15) is 12.8 Å². The first kappa shape index (κ1) is 11.9. The number of carbonyl (C=O) groups excluding carboxylic acids is 2. The standard InChI is InChI=1S/C9H17N3O3/c1-10-9(15)11-8(14)6-12(4-5-13)7-2-3-7/h7,13H,2-6H2,1H3,(H2,10,11,14,15). The molecule has 0 heterocycles. The molecule has 0 aromatic carbocycles. The van der Waals surface area contributed by atoms with Gasteiger partial charge < -0.3 is 10.4 Å². The first-order chi connectivity index (χ1) is 7.17. The number of urea groups is 1. The summed E-state index contributed by atoms with van der Waals surface area (Å²) >= 11 is 0. The van der Waals surface area contributed by atoms with Crippen LogP contribution in [0.25, 0.3) is 0 Å². The van der Waals surface area contributed by atoms with Gasteiger partial charge in [-0.1, -0.05) is 0 Å². The largest absolute Gasteiger partial charge is 0.395 e. The number of amides is 3. The Labute approximate surface area is 88.6 Å². The van der Waals surface area contributed by atoms with Crippen LogP contribution in [0.5, 0.6) is 0 Å². The zero-order valence-corrected chi connectivity index (χ0v) is 8.82. The van der Waals surface area contributed by atoms with Crippen LogP contribution in [-0.4, -0.2) is 54.7 Å². The highest BCUT2D eigenvalue weighted by molar-refractivity contribution is 5.95. The highest BCUT2D eigenvalue weighted by Gasteiger charge is 2.29. The van der Waals surface area contributed by atoms with E-state index < -0.39 is 6.03 Å². The Morgan fingerprint density at radius 1 is 1.47 bits per heavy atom. The second-order valence-corrected chi connectivity index (χ2v) is 3.55. The van der Waals surface area contributed by atoms with Crippen molar-refractivity contribution in [3.63, 3.8) is 0 Å². The van der Waals surface area contributed by atoms with Gasteiger partial charge in [0.1, 0.15) is 0 Å². The lowest BCUT2D eigenvalue weighted by atomic mass is 10.4. The number of carbonyl (C=O) groups is 2. The lowest BCUT2D eigenvalue weighted by molar-refractivity contribution is -0.121. The van der Waals surface area contributed by atoms with Crippen molar-refractivity contribution in [2.75, 3.05) is 26.7 Å². The highest BCUT2D eigenvalue weighted by Crippen LogP contribution is 2.25. The summed E-state index contributed by atoms with van der Waals surface area (Å²) in [6.45, 7) is 0.675. The van der Waals surface area contributed by atoms with Crippen LogP contribution in [0.3, 0.4) is 0 Å². The molecule has 0 aliphatic heterocycles. The first-order valence-electron chi connectivity index (χ1n) is 5.04. The monoisotopic (exact) mass is 215 g/mol. The molecule has 0 radical (unpaired) electrons. The molecule has 0 saturated heterocycles. The van der Waals surface area contributed by atoms with Gasteiger partial charge in [-0.05, 0) is 12.8 Å². The fourth-order valence-electron chi connectivity index (χ4n) is 1.37. The number of aliphatic hydroxyl groups is 1. The Kier molecular flexibility index (Phi) is 4.51. The molecule has 0 bridgehead atoms. The van der Waals surface area contributed by atoms with Crippen LogP contribution in [0.15, 0.2) is 0 Å². The van der Waals surface area contributed by atoms with E-state index in [0.29, 0.717) is 12.6 Å². The van der Waals surface area contributed by atoms with Crippen molar-refractivity contribution in [3.05, 3.63) is 0 Å². The van der Waals surface area contributed by atoms with Gasteiger partial charge in [0.2, 0.25) is 5.91 Å². The topological polar surface area (TPSA) is 81.7 Å². The third-order valence-corrected chi connectivity index (χ3v) is 2.28. The van der Waals surface area contributed by atoms with E-state index >= 15 is 0 Å². The summed E-state index contributed by atoms with van der Waals surface area (Å²) in [5, 5.41) is 13.3. The third kappa shape index (κ3) is 4.26. The average molecular weight is 215 g/mol. The summed E-state index contributed by atoms with van der Waals surface area (Å²) in [6.07, 6.45) is 2.13. The lowest BCUT2D eigenvalue weighted by Gasteiger charge is -2.19. The van der Waals surface area contributed by atoms with Gasteiger partial charge in [-0.2, -0.15) is 0 Å². The number of rotatable bonds is 5. The van der Waals surface area contributed by atoms with Crippen molar-refractivity contribution in [3.8, 4) is 0 Å². The zero-order valence-electron chi connectivity index (χ0n) is 8.82. The van der Waals surface area contributed by atoms with E-state index in [-0.39, 0.29) is 19.1 Å². The maximum atomic E-state index is 11.3. The minimum Gasteiger partial charge on any atom is -0.395 e. The molecule has 6 heteroatoms. The summed E-state index contributed by atoms with van der Waals surface area (Å²) in [6, 6.07) is -0.104. The number of hydrogen-bond donors (Lipinski definition) is 3. The summed E-state index contributed by atoms with van der Waals surface area (Å²) in [4.78, 5) is 24.1. The molecule has 0 atom stereocenters. The molecule has 1 saturated carbocycles. The Morgan fingerprint density at radius 2 is 2.13 bits per heavy atom. The van der Waals surface area contributed by atoms with Crippen LogP contribution in [0, 0.1) is 0 Å². The molecule has 1 aliphatic carbocycles. The summed E-state index contributed by atoms with van der Waals surface area (Å²) in [5.74, 6) is -0.338. The summed E-state index contributed by atoms with van der Waals surface area (Å²) in [5.41, 5.74) is 0. The predicted octanol–water partition coefficient (Wildman–Crippen LogP) is -1.10. The second-order valence-electron chi connectivity index (χ2n) is 3.55. The van der Waals surface area contributed by atoms with E-state index in [0.717, 1.165) is 12.8 Å². The van der Waals surface area contributed by atoms with Gasteiger partial charge in [0.25, 0.3) is 0 Å².